The van der Waals surface area contributed by atoms with Crippen molar-refractivity contribution in [2.45, 2.75) is 32.4 Å². The van der Waals surface area contributed by atoms with Crippen molar-refractivity contribution >= 4 is 23.3 Å². The topological polar surface area (TPSA) is 84.7 Å². The highest BCUT2D eigenvalue weighted by Gasteiger charge is 2.21. The van der Waals surface area contributed by atoms with E-state index < -0.39 is 0 Å². The van der Waals surface area contributed by atoms with Crippen molar-refractivity contribution in [2.75, 3.05) is 11.9 Å². The van der Waals surface area contributed by atoms with Crippen molar-refractivity contribution in [3.8, 4) is 0 Å². The highest BCUT2D eigenvalue weighted by atomic mass is 35.5. The lowest BCUT2D eigenvalue weighted by molar-refractivity contribution is -0.117. The SMILES string of the molecule is C[C@@H](NC[C@@H]1CCc2nncn2C1)C(=O)Nc1ccc(Cl)cn1. The van der Waals surface area contributed by atoms with Gasteiger partial charge in [0.1, 0.15) is 18.0 Å². The summed E-state index contributed by atoms with van der Waals surface area (Å²) in [6.45, 7) is 3.51. The van der Waals surface area contributed by atoms with Gasteiger partial charge in [-0.2, -0.15) is 0 Å². The van der Waals surface area contributed by atoms with Gasteiger partial charge in [0.05, 0.1) is 11.1 Å². The van der Waals surface area contributed by atoms with Crippen LogP contribution in [0.15, 0.2) is 24.7 Å². The second-order valence-corrected chi connectivity index (χ2v) is 6.22. The second kappa shape index (κ2) is 7.06. The number of pyridine rings is 1. The quantitative estimate of drug-likeness (QED) is 0.865. The number of nitrogens with one attached hydrogen (secondary N) is 2. The fourth-order valence-corrected chi connectivity index (χ4v) is 2.73. The van der Waals surface area contributed by atoms with Crippen LogP contribution < -0.4 is 10.6 Å². The minimum Gasteiger partial charge on any atom is -0.317 e. The van der Waals surface area contributed by atoms with Gasteiger partial charge < -0.3 is 15.2 Å². The minimum absolute atomic E-state index is 0.111. The summed E-state index contributed by atoms with van der Waals surface area (Å²) in [6.07, 6.45) is 5.26. The van der Waals surface area contributed by atoms with Gasteiger partial charge in [0.2, 0.25) is 5.91 Å². The first-order valence-corrected chi connectivity index (χ1v) is 8.02. The molecule has 0 spiro atoms. The van der Waals surface area contributed by atoms with Crippen LogP contribution in [0.25, 0.3) is 0 Å². The number of amides is 1. The van der Waals surface area contributed by atoms with Crippen LogP contribution in [0.1, 0.15) is 19.2 Å². The Balaban J connectivity index is 1.46. The molecule has 2 atom stereocenters. The first-order valence-electron chi connectivity index (χ1n) is 7.64. The number of aromatic nitrogens is 4. The summed E-state index contributed by atoms with van der Waals surface area (Å²) in [4.78, 5) is 16.2. The van der Waals surface area contributed by atoms with Crippen LogP contribution >= 0.6 is 11.6 Å². The molecule has 2 N–H and O–H groups in total. The lowest BCUT2D eigenvalue weighted by Crippen LogP contribution is -2.42. The van der Waals surface area contributed by atoms with Gasteiger partial charge in [-0.25, -0.2) is 4.98 Å². The predicted octanol–water partition coefficient (Wildman–Crippen LogP) is 1.51. The zero-order valence-corrected chi connectivity index (χ0v) is 13.6. The molecule has 3 heterocycles. The Kier molecular flexibility index (Phi) is 4.88. The highest BCUT2D eigenvalue weighted by molar-refractivity contribution is 6.30. The number of anilines is 1. The van der Waals surface area contributed by atoms with Crippen LogP contribution in [0.5, 0.6) is 0 Å². The lowest BCUT2D eigenvalue weighted by Gasteiger charge is -2.24. The Labute approximate surface area is 139 Å². The van der Waals surface area contributed by atoms with E-state index in [0.29, 0.717) is 16.8 Å². The molecule has 8 heteroatoms. The molecule has 0 fully saturated rings. The molecule has 0 unspecified atom stereocenters. The van der Waals surface area contributed by atoms with E-state index in [1.54, 1.807) is 18.5 Å². The molecule has 0 saturated carbocycles. The molecule has 0 aromatic carbocycles. The number of carbonyl (C=O) groups is 1. The fraction of sp³-hybridized carbons (Fsp3) is 0.467. The number of hydrogen-bond donors (Lipinski definition) is 2. The van der Waals surface area contributed by atoms with Crippen LogP contribution in [-0.2, 0) is 17.8 Å². The van der Waals surface area contributed by atoms with Crippen LogP contribution in [0.2, 0.25) is 5.02 Å². The van der Waals surface area contributed by atoms with E-state index in [2.05, 4.69) is 30.4 Å². The molecule has 2 aromatic rings. The molecule has 7 nitrogen and oxygen atoms in total. The van der Waals surface area contributed by atoms with Gasteiger partial charge in [0, 0.05) is 25.7 Å². The number of hydrogen-bond acceptors (Lipinski definition) is 5. The zero-order valence-electron chi connectivity index (χ0n) is 12.9. The standard InChI is InChI=1S/C15H19ClN6O/c1-10(15(23)20-13-4-3-12(16)7-18-13)17-6-11-2-5-14-21-19-9-22(14)8-11/h3-4,7,9-11,17H,2,5-6,8H2,1H3,(H,18,20,23)/t10-,11+/m1/s1. The van der Waals surface area contributed by atoms with Gasteiger partial charge in [-0.1, -0.05) is 11.6 Å². The number of halogens is 1. The number of aryl methyl sites for hydroxylation is 1. The predicted molar refractivity (Wildman–Crippen MR) is 87.2 cm³/mol. The minimum atomic E-state index is -0.296. The van der Waals surface area contributed by atoms with Crippen molar-refractivity contribution in [3.05, 3.63) is 35.5 Å². The van der Waals surface area contributed by atoms with Gasteiger partial charge in [0.15, 0.2) is 0 Å². The van der Waals surface area contributed by atoms with Crippen molar-refractivity contribution in [1.29, 1.82) is 0 Å². The largest absolute Gasteiger partial charge is 0.317 e. The third-order valence-electron chi connectivity index (χ3n) is 4.01. The van der Waals surface area contributed by atoms with E-state index in [1.807, 2.05) is 6.92 Å². The number of fused-ring (bicyclic) bond motifs is 1. The third-order valence-corrected chi connectivity index (χ3v) is 4.24. The molecular weight excluding hydrogens is 316 g/mol. The van der Waals surface area contributed by atoms with Crippen molar-refractivity contribution in [3.63, 3.8) is 0 Å². The van der Waals surface area contributed by atoms with E-state index in [9.17, 15) is 4.79 Å². The van der Waals surface area contributed by atoms with Gasteiger partial charge in [-0.15, -0.1) is 10.2 Å². The molecule has 0 saturated heterocycles. The third kappa shape index (κ3) is 4.05. The maximum Gasteiger partial charge on any atom is 0.242 e. The summed E-state index contributed by atoms with van der Waals surface area (Å²) < 4.78 is 2.08. The summed E-state index contributed by atoms with van der Waals surface area (Å²) in [6, 6.07) is 3.08. The van der Waals surface area contributed by atoms with Crippen LogP contribution in [0.4, 0.5) is 5.82 Å². The Morgan fingerprint density at radius 3 is 3.17 bits per heavy atom. The van der Waals surface area contributed by atoms with Crippen molar-refractivity contribution in [2.24, 2.45) is 5.92 Å². The Morgan fingerprint density at radius 2 is 2.39 bits per heavy atom. The number of carbonyl (C=O) groups excluding carboxylic acids is 1. The van der Waals surface area contributed by atoms with E-state index in [0.717, 1.165) is 31.8 Å². The maximum absolute atomic E-state index is 12.2. The Hall–Kier alpha value is -1.99. The second-order valence-electron chi connectivity index (χ2n) is 5.79. The summed E-state index contributed by atoms with van der Waals surface area (Å²) in [5.41, 5.74) is 0. The molecule has 0 radical (unpaired) electrons. The van der Waals surface area contributed by atoms with Gasteiger partial charge in [0.25, 0.3) is 0 Å². The van der Waals surface area contributed by atoms with E-state index >= 15 is 0 Å². The zero-order chi connectivity index (χ0) is 16.2. The summed E-state index contributed by atoms with van der Waals surface area (Å²) in [5, 5.41) is 14.6. The number of nitrogens with zero attached hydrogens (tertiary/aromatic N) is 4. The van der Waals surface area contributed by atoms with Crippen molar-refractivity contribution in [1.82, 2.24) is 25.1 Å². The van der Waals surface area contributed by atoms with E-state index in [1.165, 1.54) is 6.20 Å². The molecule has 3 rings (SSSR count). The first-order chi connectivity index (χ1) is 11.1. The van der Waals surface area contributed by atoms with Crippen LogP contribution in [0.3, 0.4) is 0 Å². The maximum atomic E-state index is 12.2. The molecule has 0 bridgehead atoms. The molecule has 1 amide bonds. The molecule has 122 valence electrons. The number of rotatable bonds is 5. The smallest absolute Gasteiger partial charge is 0.242 e. The average Bonchev–Trinajstić information content (AvgIpc) is 3.02. The average molecular weight is 335 g/mol. The molecule has 23 heavy (non-hydrogen) atoms. The van der Waals surface area contributed by atoms with Crippen LogP contribution in [0, 0.1) is 5.92 Å². The van der Waals surface area contributed by atoms with Gasteiger partial charge >= 0.3 is 0 Å². The lowest BCUT2D eigenvalue weighted by atomic mass is 9.99. The molecule has 0 aliphatic carbocycles. The molecule has 1 aliphatic rings. The summed E-state index contributed by atoms with van der Waals surface area (Å²) in [7, 11) is 0. The van der Waals surface area contributed by atoms with Gasteiger partial charge in [-0.05, 0) is 31.4 Å². The van der Waals surface area contributed by atoms with Crippen molar-refractivity contribution < 1.29 is 4.79 Å². The van der Waals surface area contributed by atoms with E-state index in [4.69, 9.17) is 11.6 Å². The fourth-order valence-electron chi connectivity index (χ4n) is 2.61. The van der Waals surface area contributed by atoms with E-state index in [-0.39, 0.29) is 11.9 Å². The monoisotopic (exact) mass is 334 g/mol. The first kappa shape index (κ1) is 15.9. The normalized spacial score (nSPS) is 18.3. The summed E-state index contributed by atoms with van der Waals surface area (Å²) in [5.74, 6) is 1.91. The van der Waals surface area contributed by atoms with Gasteiger partial charge in [-0.3, -0.25) is 4.79 Å². The Morgan fingerprint density at radius 1 is 1.52 bits per heavy atom. The Bertz CT molecular complexity index is 671. The molecular formula is C15H19ClN6O. The highest BCUT2D eigenvalue weighted by Crippen LogP contribution is 2.17. The van der Waals surface area contributed by atoms with Crippen LogP contribution in [-0.4, -0.2) is 38.2 Å². The molecule has 1 aliphatic heterocycles. The summed E-state index contributed by atoms with van der Waals surface area (Å²) >= 11 is 5.78. The molecule has 2 aromatic heterocycles.